The van der Waals surface area contributed by atoms with Crippen LogP contribution in [0.2, 0.25) is 10.0 Å². The Balaban J connectivity index is 2.12. The van der Waals surface area contributed by atoms with Crippen molar-refractivity contribution in [1.29, 1.82) is 0 Å². The maximum Gasteiger partial charge on any atom is 0.314 e. The Morgan fingerprint density at radius 2 is 2.00 bits per heavy atom. The number of aromatic nitrogens is 1. The fraction of sp³-hybridized carbons (Fsp3) is 0.176. The van der Waals surface area contributed by atoms with Gasteiger partial charge in [0, 0.05) is 6.20 Å². The topological polar surface area (TPSA) is 57.7 Å². The highest BCUT2D eigenvalue weighted by Crippen LogP contribution is 2.26. The van der Waals surface area contributed by atoms with Crippen molar-refractivity contribution in [3.8, 4) is 24.0 Å². The monoisotopic (exact) mass is 365 g/mol. The van der Waals surface area contributed by atoms with E-state index in [9.17, 15) is 4.79 Å². The van der Waals surface area contributed by atoms with Crippen LogP contribution in [0.1, 0.15) is 6.42 Å². The van der Waals surface area contributed by atoms with Gasteiger partial charge >= 0.3 is 5.97 Å². The maximum atomic E-state index is 11.8. The number of carbonyl (C=O) groups excluding carboxylic acids is 1. The van der Waals surface area contributed by atoms with E-state index in [2.05, 4.69) is 10.9 Å². The summed E-state index contributed by atoms with van der Waals surface area (Å²) < 4.78 is 16.1. The molecule has 0 N–H and O–H groups in total. The number of benzene rings is 1. The molecule has 0 radical (unpaired) electrons. The van der Waals surface area contributed by atoms with Gasteiger partial charge in [0.05, 0.1) is 5.02 Å². The number of carbonyl (C=O) groups is 1. The molecule has 1 heterocycles. The van der Waals surface area contributed by atoms with Crippen LogP contribution in [0.4, 0.5) is 0 Å². The van der Waals surface area contributed by atoms with Crippen molar-refractivity contribution in [2.24, 2.45) is 0 Å². The third kappa shape index (κ3) is 5.65. The summed E-state index contributed by atoms with van der Waals surface area (Å²) in [5.41, 5.74) is 0. The number of esters is 1. The molecule has 0 saturated heterocycles. The number of nitrogens with zero attached hydrogens (tertiary/aromatic N) is 1. The molecule has 0 bridgehead atoms. The van der Waals surface area contributed by atoms with Gasteiger partial charge in [0.2, 0.25) is 5.88 Å². The van der Waals surface area contributed by atoms with Crippen LogP contribution in [0.15, 0.2) is 42.6 Å². The number of pyridine rings is 1. The summed E-state index contributed by atoms with van der Waals surface area (Å²) in [4.78, 5) is 15.8. The van der Waals surface area contributed by atoms with Gasteiger partial charge in [-0.25, -0.2) is 4.98 Å². The highest BCUT2D eigenvalue weighted by Gasteiger charge is 2.20. The van der Waals surface area contributed by atoms with Gasteiger partial charge < -0.3 is 14.2 Å². The number of terminal acetylenes is 1. The molecule has 24 heavy (non-hydrogen) atoms. The molecule has 5 nitrogen and oxygen atoms in total. The van der Waals surface area contributed by atoms with Gasteiger partial charge in [-0.15, -0.1) is 6.42 Å². The lowest BCUT2D eigenvalue weighted by Gasteiger charge is -2.19. The fourth-order valence-corrected chi connectivity index (χ4v) is 2.11. The second kappa shape index (κ2) is 9.02. The molecule has 2 rings (SSSR count). The minimum Gasteiger partial charge on any atom is -0.454 e. The van der Waals surface area contributed by atoms with Crippen LogP contribution < -0.4 is 9.47 Å². The molecule has 0 spiro atoms. The number of hydrogen-bond acceptors (Lipinski definition) is 5. The van der Waals surface area contributed by atoms with Gasteiger partial charge in [0.1, 0.15) is 17.2 Å². The van der Waals surface area contributed by atoms with Crippen LogP contribution in [-0.2, 0) is 9.53 Å². The Kier molecular flexibility index (Phi) is 6.74. The molecule has 0 aliphatic rings. The minimum absolute atomic E-state index is 0.0896. The third-order valence-corrected chi connectivity index (χ3v) is 3.16. The zero-order valence-electron chi connectivity index (χ0n) is 12.4. The molecular weight excluding hydrogens is 353 g/mol. The van der Waals surface area contributed by atoms with Crippen LogP contribution in [-0.4, -0.2) is 23.9 Å². The molecule has 2 aromatic rings. The summed E-state index contributed by atoms with van der Waals surface area (Å²) in [5.74, 6) is 2.24. The average Bonchev–Trinajstić information content (AvgIpc) is 2.56. The van der Waals surface area contributed by atoms with Crippen molar-refractivity contribution in [2.75, 3.05) is 6.61 Å². The van der Waals surface area contributed by atoms with Gasteiger partial charge in [-0.3, -0.25) is 4.79 Å². The Labute approximate surface area is 149 Å². The van der Waals surface area contributed by atoms with Gasteiger partial charge in [-0.05, 0) is 18.2 Å². The SMILES string of the molecule is C#CCOC(=O)CC(Oc1ccccc1)Oc1ncc(Cl)cc1Cl. The van der Waals surface area contributed by atoms with E-state index in [-0.39, 0.29) is 23.9 Å². The first kappa shape index (κ1) is 17.9. The summed E-state index contributed by atoms with van der Waals surface area (Å²) >= 11 is 11.8. The van der Waals surface area contributed by atoms with E-state index in [1.165, 1.54) is 12.3 Å². The summed E-state index contributed by atoms with van der Waals surface area (Å²) in [6, 6.07) is 10.3. The van der Waals surface area contributed by atoms with Crippen molar-refractivity contribution in [2.45, 2.75) is 12.7 Å². The first-order valence-electron chi connectivity index (χ1n) is 6.87. The van der Waals surface area contributed by atoms with Gasteiger partial charge in [-0.2, -0.15) is 0 Å². The zero-order chi connectivity index (χ0) is 17.4. The average molecular weight is 366 g/mol. The second-order valence-electron chi connectivity index (χ2n) is 4.49. The van der Waals surface area contributed by atoms with Gasteiger partial charge in [0.15, 0.2) is 6.61 Å². The van der Waals surface area contributed by atoms with Crippen LogP contribution in [0, 0.1) is 12.3 Å². The van der Waals surface area contributed by atoms with Gasteiger partial charge in [0.25, 0.3) is 6.29 Å². The van der Waals surface area contributed by atoms with Crippen molar-refractivity contribution in [3.63, 3.8) is 0 Å². The van der Waals surface area contributed by atoms with E-state index >= 15 is 0 Å². The second-order valence-corrected chi connectivity index (χ2v) is 5.33. The van der Waals surface area contributed by atoms with Crippen LogP contribution in [0.25, 0.3) is 0 Å². The smallest absolute Gasteiger partial charge is 0.314 e. The molecule has 0 aliphatic heterocycles. The molecule has 1 atom stereocenters. The number of ether oxygens (including phenoxy) is 3. The van der Waals surface area contributed by atoms with Gasteiger partial charge in [-0.1, -0.05) is 47.3 Å². The normalized spacial score (nSPS) is 11.2. The molecule has 0 amide bonds. The molecule has 0 aliphatic carbocycles. The van der Waals surface area contributed by atoms with E-state index < -0.39 is 12.3 Å². The molecule has 0 fully saturated rings. The first-order valence-corrected chi connectivity index (χ1v) is 7.62. The van der Waals surface area contributed by atoms with E-state index in [4.69, 9.17) is 43.8 Å². The molecule has 1 unspecified atom stereocenters. The Morgan fingerprint density at radius 1 is 1.25 bits per heavy atom. The first-order chi connectivity index (χ1) is 11.6. The highest BCUT2D eigenvalue weighted by atomic mass is 35.5. The molecule has 124 valence electrons. The van der Waals surface area contributed by atoms with E-state index in [1.54, 1.807) is 24.3 Å². The number of rotatable bonds is 7. The van der Waals surface area contributed by atoms with Crippen LogP contribution in [0.5, 0.6) is 11.6 Å². The third-order valence-electron chi connectivity index (χ3n) is 2.68. The fourth-order valence-electron chi connectivity index (χ4n) is 1.69. The molecule has 7 heteroatoms. The Hall–Kier alpha value is -2.42. The lowest BCUT2D eigenvalue weighted by atomic mass is 10.3. The van der Waals surface area contributed by atoms with Crippen molar-refractivity contribution >= 4 is 29.2 Å². The highest BCUT2D eigenvalue weighted by molar-refractivity contribution is 6.35. The standard InChI is InChI=1S/C17H13Cl2NO4/c1-2-8-22-15(21)10-16(23-13-6-4-3-5-7-13)24-17-14(19)9-12(18)11-20-17/h1,3-7,9,11,16H,8,10H2. The van der Waals surface area contributed by atoms with E-state index in [0.717, 1.165) is 0 Å². The molecule has 1 aromatic heterocycles. The minimum atomic E-state index is -0.996. The summed E-state index contributed by atoms with van der Waals surface area (Å²) in [7, 11) is 0. The number of para-hydroxylation sites is 1. The zero-order valence-corrected chi connectivity index (χ0v) is 14.0. The molecule has 0 saturated carbocycles. The van der Waals surface area contributed by atoms with Crippen molar-refractivity contribution in [3.05, 3.63) is 52.6 Å². The Bertz CT molecular complexity index is 731. The quantitative estimate of drug-likeness (QED) is 0.425. The molecule has 1 aromatic carbocycles. The van der Waals surface area contributed by atoms with Crippen molar-refractivity contribution in [1.82, 2.24) is 4.98 Å². The predicted octanol–water partition coefficient (Wildman–Crippen LogP) is 3.74. The summed E-state index contributed by atoms with van der Waals surface area (Å²) in [5, 5.41) is 0.558. The van der Waals surface area contributed by atoms with E-state index in [0.29, 0.717) is 10.8 Å². The van der Waals surface area contributed by atoms with Crippen LogP contribution in [0.3, 0.4) is 0 Å². The van der Waals surface area contributed by atoms with Crippen LogP contribution >= 0.6 is 23.2 Å². The Morgan fingerprint density at radius 3 is 2.67 bits per heavy atom. The summed E-state index contributed by atoms with van der Waals surface area (Å²) in [6.07, 6.45) is 5.24. The molecular formula is C17H13Cl2NO4. The van der Waals surface area contributed by atoms with E-state index in [1.807, 2.05) is 6.07 Å². The lowest BCUT2D eigenvalue weighted by Crippen LogP contribution is -2.28. The maximum absolute atomic E-state index is 11.8. The number of halogens is 2. The summed E-state index contributed by atoms with van der Waals surface area (Å²) in [6.45, 7) is -0.128. The predicted molar refractivity (Wildman–Crippen MR) is 90.2 cm³/mol. The number of hydrogen-bond donors (Lipinski definition) is 0. The lowest BCUT2D eigenvalue weighted by molar-refractivity contribution is -0.148. The van der Waals surface area contributed by atoms with Crippen molar-refractivity contribution < 1.29 is 19.0 Å². The largest absolute Gasteiger partial charge is 0.454 e.